The molecule has 0 aromatic heterocycles. The lowest BCUT2D eigenvalue weighted by Crippen LogP contribution is -2.35. The van der Waals surface area contributed by atoms with Crippen LogP contribution >= 0.6 is 0 Å². The average Bonchev–Trinajstić information content (AvgIpc) is 2.90. The summed E-state index contributed by atoms with van der Waals surface area (Å²) in [4.78, 5) is 2.43. The number of nitrogens with zero attached hydrogens (tertiary/aromatic N) is 1. The molecule has 1 aromatic carbocycles. The second kappa shape index (κ2) is 6.86. The van der Waals surface area contributed by atoms with Gasteiger partial charge in [0.05, 0.1) is 0 Å². The molecule has 100 valence electrons. The van der Waals surface area contributed by atoms with Crippen LogP contribution in [0.4, 0.5) is 4.39 Å². The van der Waals surface area contributed by atoms with Crippen molar-refractivity contribution in [3.8, 4) is 0 Å². The van der Waals surface area contributed by atoms with E-state index < -0.39 is 0 Å². The molecule has 0 heterocycles. The third-order valence-electron chi connectivity index (χ3n) is 3.86. The zero-order chi connectivity index (χ0) is 12.8. The molecule has 1 saturated carbocycles. The third kappa shape index (κ3) is 3.79. The maximum atomic E-state index is 13.4. The van der Waals surface area contributed by atoms with E-state index in [0.717, 1.165) is 24.7 Å². The van der Waals surface area contributed by atoms with Gasteiger partial charge in [-0.1, -0.05) is 31.0 Å². The fourth-order valence-electron chi connectivity index (χ4n) is 2.65. The molecule has 1 fully saturated rings. The first kappa shape index (κ1) is 13.5. The number of rotatable bonds is 6. The molecule has 0 bridgehead atoms. The minimum atomic E-state index is -0.117. The van der Waals surface area contributed by atoms with E-state index in [2.05, 4.69) is 17.3 Å². The molecule has 0 radical (unpaired) electrons. The number of nitrogens with one attached hydrogen (secondary N) is 1. The van der Waals surface area contributed by atoms with Gasteiger partial charge in [-0.2, -0.15) is 0 Å². The quantitative estimate of drug-likeness (QED) is 0.781. The van der Waals surface area contributed by atoms with Crippen molar-refractivity contribution in [1.29, 1.82) is 0 Å². The molecule has 2 nitrogen and oxygen atoms in total. The van der Waals surface area contributed by atoms with Gasteiger partial charge in [0.15, 0.2) is 0 Å². The van der Waals surface area contributed by atoms with Crippen LogP contribution < -0.4 is 5.32 Å². The smallest absolute Gasteiger partial charge is 0.127 e. The highest BCUT2D eigenvalue weighted by molar-refractivity contribution is 5.16. The highest BCUT2D eigenvalue weighted by Crippen LogP contribution is 2.21. The lowest BCUT2D eigenvalue weighted by atomic mass is 10.2. The van der Waals surface area contributed by atoms with Crippen molar-refractivity contribution >= 4 is 0 Å². The molecule has 1 aliphatic rings. The molecule has 0 aliphatic heterocycles. The van der Waals surface area contributed by atoms with Crippen LogP contribution in [0.2, 0.25) is 0 Å². The second-order valence-electron chi connectivity index (χ2n) is 5.19. The summed E-state index contributed by atoms with van der Waals surface area (Å²) in [7, 11) is 2.20. The van der Waals surface area contributed by atoms with Crippen LogP contribution in [0.25, 0.3) is 0 Å². The van der Waals surface area contributed by atoms with E-state index in [0.29, 0.717) is 6.54 Å². The van der Waals surface area contributed by atoms with Gasteiger partial charge in [-0.05, 0) is 26.0 Å². The fourth-order valence-corrected chi connectivity index (χ4v) is 2.65. The van der Waals surface area contributed by atoms with Crippen LogP contribution in [-0.4, -0.2) is 31.1 Å². The number of hydrogen-bond donors (Lipinski definition) is 1. The zero-order valence-electron chi connectivity index (χ0n) is 11.2. The predicted molar refractivity (Wildman–Crippen MR) is 73.0 cm³/mol. The summed E-state index contributed by atoms with van der Waals surface area (Å²) in [5.41, 5.74) is 0.751. The minimum Gasteiger partial charge on any atom is -0.311 e. The van der Waals surface area contributed by atoms with Gasteiger partial charge in [0.2, 0.25) is 0 Å². The molecule has 0 unspecified atom stereocenters. The first-order valence-corrected chi connectivity index (χ1v) is 6.92. The third-order valence-corrected chi connectivity index (χ3v) is 3.86. The molecular weight excluding hydrogens is 227 g/mol. The molecular formula is C15H23FN2. The van der Waals surface area contributed by atoms with Crippen molar-refractivity contribution in [2.75, 3.05) is 20.1 Å². The highest BCUT2D eigenvalue weighted by atomic mass is 19.1. The Balaban J connectivity index is 1.65. The highest BCUT2D eigenvalue weighted by Gasteiger charge is 2.18. The molecule has 0 atom stereocenters. The van der Waals surface area contributed by atoms with Crippen LogP contribution in [0.15, 0.2) is 24.3 Å². The predicted octanol–water partition coefficient (Wildman–Crippen LogP) is 2.79. The summed E-state index contributed by atoms with van der Waals surface area (Å²) in [6.07, 6.45) is 5.42. The molecule has 3 heteroatoms. The Bertz CT molecular complexity index is 361. The van der Waals surface area contributed by atoms with E-state index in [9.17, 15) is 4.39 Å². The molecule has 1 aliphatic carbocycles. The summed E-state index contributed by atoms with van der Waals surface area (Å²) in [6.45, 7) is 2.58. The summed E-state index contributed by atoms with van der Waals surface area (Å²) >= 11 is 0. The Labute approximate surface area is 109 Å². The molecule has 2 rings (SSSR count). The van der Waals surface area contributed by atoms with E-state index in [1.807, 2.05) is 12.1 Å². The van der Waals surface area contributed by atoms with E-state index in [1.54, 1.807) is 6.07 Å². The first-order chi connectivity index (χ1) is 8.77. The summed E-state index contributed by atoms with van der Waals surface area (Å²) in [5.74, 6) is -0.117. The van der Waals surface area contributed by atoms with Crippen molar-refractivity contribution < 1.29 is 4.39 Å². The maximum absolute atomic E-state index is 13.4. The van der Waals surface area contributed by atoms with Gasteiger partial charge in [0.1, 0.15) is 5.82 Å². The van der Waals surface area contributed by atoms with Gasteiger partial charge < -0.3 is 10.2 Å². The van der Waals surface area contributed by atoms with Crippen molar-refractivity contribution in [3.63, 3.8) is 0 Å². The lowest BCUT2D eigenvalue weighted by Gasteiger charge is -2.24. The molecule has 0 saturated heterocycles. The van der Waals surface area contributed by atoms with Gasteiger partial charge in [-0.15, -0.1) is 0 Å². The molecule has 0 amide bonds. The van der Waals surface area contributed by atoms with E-state index in [-0.39, 0.29) is 5.82 Å². The Morgan fingerprint density at radius 2 is 2.00 bits per heavy atom. The number of halogens is 1. The molecule has 18 heavy (non-hydrogen) atoms. The van der Waals surface area contributed by atoms with Crippen LogP contribution in [0.5, 0.6) is 0 Å². The Morgan fingerprint density at radius 1 is 1.28 bits per heavy atom. The van der Waals surface area contributed by atoms with Crippen LogP contribution in [0, 0.1) is 5.82 Å². The molecule has 1 aromatic rings. The average molecular weight is 250 g/mol. The second-order valence-corrected chi connectivity index (χ2v) is 5.19. The minimum absolute atomic E-state index is 0.117. The van der Waals surface area contributed by atoms with Gasteiger partial charge >= 0.3 is 0 Å². The van der Waals surface area contributed by atoms with Crippen LogP contribution in [0.1, 0.15) is 31.2 Å². The van der Waals surface area contributed by atoms with Crippen LogP contribution in [0.3, 0.4) is 0 Å². The van der Waals surface area contributed by atoms with Crippen LogP contribution in [-0.2, 0) is 6.54 Å². The van der Waals surface area contributed by atoms with Crippen molar-refractivity contribution in [2.24, 2.45) is 0 Å². The summed E-state index contributed by atoms with van der Waals surface area (Å²) in [5, 5.41) is 3.32. The first-order valence-electron chi connectivity index (χ1n) is 6.92. The molecule has 1 N–H and O–H groups in total. The van der Waals surface area contributed by atoms with Crippen molar-refractivity contribution in [2.45, 2.75) is 38.3 Å². The van der Waals surface area contributed by atoms with Crippen molar-refractivity contribution in [1.82, 2.24) is 10.2 Å². The SMILES string of the molecule is CN(CCNCc1ccccc1F)C1CCCC1. The van der Waals surface area contributed by atoms with Gasteiger partial charge in [-0.3, -0.25) is 0 Å². The summed E-state index contributed by atoms with van der Waals surface area (Å²) in [6, 6.07) is 7.72. The standard InChI is InChI=1S/C15H23FN2/c1-18(14-7-3-4-8-14)11-10-17-12-13-6-2-5-9-15(13)16/h2,5-6,9,14,17H,3-4,7-8,10-12H2,1H3. The Kier molecular flexibility index (Phi) is 5.14. The van der Waals surface area contributed by atoms with Gasteiger partial charge in [0.25, 0.3) is 0 Å². The van der Waals surface area contributed by atoms with E-state index in [1.165, 1.54) is 31.7 Å². The topological polar surface area (TPSA) is 15.3 Å². The Hall–Kier alpha value is -0.930. The van der Waals surface area contributed by atoms with E-state index in [4.69, 9.17) is 0 Å². The lowest BCUT2D eigenvalue weighted by molar-refractivity contribution is 0.245. The number of benzene rings is 1. The summed E-state index contributed by atoms with van der Waals surface area (Å²) < 4.78 is 13.4. The normalized spacial score (nSPS) is 16.6. The van der Waals surface area contributed by atoms with Crippen molar-refractivity contribution in [3.05, 3.63) is 35.6 Å². The number of hydrogen-bond acceptors (Lipinski definition) is 2. The van der Waals surface area contributed by atoms with Gasteiger partial charge in [0, 0.05) is 31.2 Å². The van der Waals surface area contributed by atoms with Gasteiger partial charge in [-0.25, -0.2) is 4.39 Å². The largest absolute Gasteiger partial charge is 0.311 e. The number of likely N-dealkylation sites (N-methyl/N-ethyl adjacent to an activating group) is 1. The fraction of sp³-hybridized carbons (Fsp3) is 0.600. The monoisotopic (exact) mass is 250 g/mol. The Morgan fingerprint density at radius 3 is 2.72 bits per heavy atom. The molecule has 0 spiro atoms. The van der Waals surface area contributed by atoms with E-state index >= 15 is 0 Å². The zero-order valence-corrected chi connectivity index (χ0v) is 11.2. The maximum Gasteiger partial charge on any atom is 0.127 e.